The first-order chi connectivity index (χ1) is 4.06. The predicted octanol–water partition coefficient (Wildman–Crippen LogP) is 2.18. The highest BCUT2D eigenvalue weighted by molar-refractivity contribution is 5.51. The van der Waals surface area contributed by atoms with Crippen LogP contribution in [0.1, 0.15) is 27.2 Å². The van der Waals surface area contributed by atoms with Gasteiger partial charge in [-0.25, -0.2) is 0 Å². The maximum absolute atomic E-state index is 9.84. The number of carbonyl (C=O) groups excluding carboxylic acids is 1. The van der Waals surface area contributed by atoms with Gasteiger partial charge in [-0.1, -0.05) is 32.9 Å². The van der Waals surface area contributed by atoms with Gasteiger partial charge in [0.2, 0.25) is 0 Å². The maximum atomic E-state index is 9.84. The molecular formula is C8H14O. The second kappa shape index (κ2) is 3.44. The fraction of sp³-hybridized carbons (Fsp3) is 0.625. The lowest BCUT2D eigenvalue weighted by Gasteiger charge is -2.09. The fourth-order valence-corrected chi connectivity index (χ4v) is 0.477. The molecule has 0 aliphatic carbocycles. The van der Waals surface area contributed by atoms with Gasteiger partial charge in [0.15, 0.2) is 0 Å². The van der Waals surface area contributed by atoms with Crippen LogP contribution in [0.25, 0.3) is 0 Å². The lowest BCUT2D eigenvalue weighted by molar-refractivity contribution is -0.107. The van der Waals surface area contributed by atoms with Crippen molar-refractivity contribution in [3.8, 4) is 0 Å². The Morgan fingerprint density at radius 1 is 1.33 bits per heavy atom. The first kappa shape index (κ1) is 8.41. The van der Waals surface area contributed by atoms with E-state index >= 15 is 0 Å². The van der Waals surface area contributed by atoms with Crippen LogP contribution in [-0.4, -0.2) is 6.29 Å². The zero-order chi connectivity index (χ0) is 7.33. The van der Waals surface area contributed by atoms with Crippen molar-refractivity contribution in [3.63, 3.8) is 0 Å². The molecule has 0 aliphatic heterocycles. The molecule has 9 heavy (non-hydrogen) atoms. The van der Waals surface area contributed by atoms with E-state index in [2.05, 4.69) is 20.8 Å². The van der Waals surface area contributed by atoms with Crippen LogP contribution in [-0.2, 0) is 4.79 Å². The van der Waals surface area contributed by atoms with Crippen molar-refractivity contribution in [2.75, 3.05) is 0 Å². The number of rotatable bonds is 2. The molecule has 0 saturated heterocycles. The van der Waals surface area contributed by atoms with Crippen molar-refractivity contribution in [2.45, 2.75) is 27.2 Å². The quantitative estimate of drug-likeness (QED) is 0.409. The Morgan fingerprint density at radius 3 is 2.22 bits per heavy atom. The third-order valence-corrected chi connectivity index (χ3v) is 0.850. The van der Waals surface area contributed by atoms with E-state index in [1.165, 1.54) is 0 Å². The maximum Gasteiger partial charge on any atom is 0.123 e. The molecule has 0 heterocycles. The first-order valence-corrected chi connectivity index (χ1v) is 3.17. The molecule has 0 aromatic rings. The Morgan fingerprint density at radius 2 is 1.89 bits per heavy atom. The van der Waals surface area contributed by atoms with Crippen LogP contribution in [0.3, 0.4) is 0 Å². The summed E-state index contributed by atoms with van der Waals surface area (Å²) < 4.78 is 0. The molecule has 0 unspecified atom stereocenters. The van der Waals surface area contributed by atoms with E-state index in [0.29, 0.717) is 6.42 Å². The van der Waals surface area contributed by atoms with Crippen LogP contribution < -0.4 is 0 Å². The molecule has 0 spiro atoms. The summed E-state index contributed by atoms with van der Waals surface area (Å²) in [6, 6.07) is 0. The van der Waals surface area contributed by atoms with Crippen LogP contribution in [0.4, 0.5) is 0 Å². The van der Waals surface area contributed by atoms with Gasteiger partial charge in [0, 0.05) is 6.42 Å². The molecule has 1 nitrogen and oxygen atoms in total. The van der Waals surface area contributed by atoms with Crippen molar-refractivity contribution in [1.82, 2.24) is 0 Å². The summed E-state index contributed by atoms with van der Waals surface area (Å²) in [7, 11) is 0. The molecule has 0 saturated carbocycles. The second-order valence-corrected chi connectivity index (χ2v) is 3.17. The minimum Gasteiger partial charge on any atom is -0.303 e. The average molecular weight is 126 g/mol. The highest BCUT2D eigenvalue weighted by Gasteiger charge is 2.01. The van der Waals surface area contributed by atoms with Gasteiger partial charge in [-0.05, 0) is 5.41 Å². The van der Waals surface area contributed by atoms with Crippen LogP contribution in [0, 0.1) is 5.41 Å². The zero-order valence-electron chi connectivity index (χ0n) is 6.35. The van der Waals surface area contributed by atoms with Crippen molar-refractivity contribution in [2.24, 2.45) is 5.41 Å². The number of allylic oxidation sites excluding steroid dienone is 2. The smallest absolute Gasteiger partial charge is 0.123 e. The van der Waals surface area contributed by atoms with Crippen LogP contribution in [0.15, 0.2) is 12.2 Å². The average Bonchev–Trinajstić information content (AvgIpc) is 1.63. The number of aldehydes is 1. The van der Waals surface area contributed by atoms with E-state index in [1.54, 1.807) is 0 Å². The normalized spacial score (nSPS) is 12.3. The van der Waals surface area contributed by atoms with Gasteiger partial charge in [0.05, 0.1) is 0 Å². The monoisotopic (exact) mass is 126 g/mol. The van der Waals surface area contributed by atoms with E-state index in [9.17, 15) is 4.79 Å². The summed E-state index contributed by atoms with van der Waals surface area (Å²) in [6.45, 7) is 6.32. The van der Waals surface area contributed by atoms with Crippen molar-refractivity contribution in [1.29, 1.82) is 0 Å². The molecule has 0 fully saturated rings. The molecule has 0 rings (SSSR count). The highest BCUT2D eigenvalue weighted by Crippen LogP contribution is 2.14. The highest BCUT2D eigenvalue weighted by atomic mass is 16.1. The molecule has 1 heteroatoms. The Hall–Kier alpha value is -0.590. The number of hydrogen-bond acceptors (Lipinski definition) is 1. The summed E-state index contributed by atoms with van der Waals surface area (Å²) in [6.07, 6.45) is 5.38. The molecule has 0 N–H and O–H groups in total. The van der Waals surface area contributed by atoms with Crippen molar-refractivity contribution in [3.05, 3.63) is 12.2 Å². The van der Waals surface area contributed by atoms with Gasteiger partial charge in [-0.15, -0.1) is 0 Å². The van der Waals surface area contributed by atoms with Crippen molar-refractivity contribution >= 4 is 6.29 Å². The SMILES string of the molecule is CC(C)(C)/C=C\CC=O. The summed E-state index contributed by atoms with van der Waals surface area (Å²) in [5.41, 5.74) is 0.211. The molecule has 0 amide bonds. The molecule has 0 aliphatic rings. The molecular weight excluding hydrogens is 112 g/mol. The van der Waals surface area contributed by atoms with E-state index in [0.717, 1.165) is 6.29 Å². The molecule has 0 atom stereocenters. The molecule has 0 radical (unpaired) electrons. The predicted molar refractivity (Wildman–Crippen MR) is 39.3 cm³/mol. The molecule has 52 valence electrons. The summed E-state index contributed by atoms with van der Waals surface area (Å²) >= 11 is 0. The van der Waals surface area contributed by atoms with Gasteiger partial charge in [0.1, 0.15) is 6.29 Å². The van der Waals surface area contributed by atoms with E-state index < -0.39 is 0 Å². The van der Waals surface area contributed by atoms with Crippen molar-refractivity contribution < 1.29 is 4.79 Å². The standard InChI is InChI=1S/C8H14O/c1-8(2,3)6-4-5-7-9/h4,6-7H,5H2,1-3H3/b6-4-. The Labute approximate surface area is 56.8 Å². The van der Waals surface area contributed by atoms with E-state index in [4.69, 9.17) is 0 Å². The van der Waals surface area contributed by atoms with Gasteiger partial charge in [0.25, 0.3) is 0 Å². The zero-order valence-corrected chi connectivity index (χ0v) is 6.35. The lowest BCUT2D eigenvalue weighted by atomic mass is 9.96. The fourth-order valence-electron chi connectivity index (χ4n) is 0.477. The number of carbonyl (C=O) groups is 1. The van der Waals surface area contributed by atoms with E-state index in [-0.39, 0.29) is 5.41 Å². The summed E-state index contributed by atoms with van der Waals surface area (Å²) in [5.74, 6) is 0. The Balaban J connectivity index is 3.57. The first-order valence-electron chi connectivity index (χ1n) is 3.17. The minimum atomic E-state index is 0.211. The van der Waals surface area contributed by atoms with Gasteiger partial charge < -0.3 is 4.79 Å². The molecule has 0 aromatic carbocycles. The van der Waals surface area contributed by atoms with Crippen LogP contribution in [0.5, 0.6) is 0 Å². The van der Waals surface area contributed by atoms with Gasteiger partial charge >= 0.3 is 0 Å². The summed E-state index contributed by atoms with van der Waals surface area (Å²) in [4.78, 5) is 9.84. The van der Waals surface area contributed by atoms with Crippen LogP contribution in [0.2, 0.25) is 0 Å². The largest absolute Gasteiger partial charge is 0.303 e. The lowest BCUT2D eigenvalue weighted by Crippen LogP contribution is -1.97. The number of hydrogen-bond donors (Lipinski definition) is 0. The summed E-state index contributed by atoms with van der Waals surface area (Å²) in [5, 5.41) is 0. The Bertz CT molecular complexity index is 106. The third-order valence-electron chi connectivity index (χ3n) is 0.850. The van der Waals surface area contributed by atoms with Gasteiger partial charge in [-0.2, -0.15) is 0 Å². The van der Waals surface area contributed by atoms with E-state index in [1.807, 2.05) is 12.2 Å². The second-order valence-electron chi connectivity index (χ2n) is 3.17. The van der Waals surface area contributed by atoms with Gasteiger partial charge in [-0.3, -0.25) is 0 Å². The third kappa shape index (κ3) is 7.41. The van der Waals surface area contributed by atoms with Crippen LogP contribution >= 0.6 is 0 Å². The minimum absolute atomic E-state index is 0.211. The molecule has 0 bridgehead atoms. The topological polar surface area (TPSA) is 17.1 Å². The molecule has 0 aromatic heterocycles. The Kier molecular flexibility index (Phi) is 3.21.